The van der Waals surface area contributed by atoms with Crippen LogP contribution in [0.5, 0.6) is 5.75 Å². The highest BCUT2D eigenvalue weighted by Gasteiger charge is 2.07. The summed E-state index contributed by atoms with van der Waals surface area (Å²) in [6.07, 6.45) is 0. The van der Waals surface area contributed by atoms with Crippen molar-refractivity contribution in [3.63, 3.8) is 0 Å². The molecule has 0 saturated carbocycles. The van der Waals surface area contributed by atoms with E-state index in [-0.39, 0.29) is 5.75 Å². The Balaban J connectivity index is 2.22. The van der Waals surface area contributed by atoms with Crippen LogP contribution in [0.1, 0.15) is 22.3 Å². The Bertz CT molecular complexity index is 585. The Morgan fingerprint density at radius 1 is 1.11 bits per heavy atom. The molecule has 0 heterocycles. The third kappa shape index (κ3) is 3.02. The van der Waals surface area contributed by atoms with Crippen molar-refractivity contribution in [2.75, 3.05) is 5.32 Å². The van der Waals surface area contributed by atoms with E-state index in [1.54, 1.807) is 6.07 Å². The number of anilines is 1. The number of hydrogen-bond donors (Lipinski definition) is 2. The van der Waals surface area contributed by atoms with Gasteiger partial charge in [0.15, 0.2) is 0 Å². The molecular formula is C16H18ClNO. The molecule has 0 amide bonds. The number of rotatable bonds is 3. The number of benzene rings is 2. The molecule has 0 radical (unpaired) electrons. The van der Waals surface area contributed by atoms with Gasteiger partial charge in [-0.05, 0) is 38.0 Å². The lowest BCUT2D eigenvalue weighted by Crippen LogP contribution is -2.03. The molecule has 2 rings (SSSR count). The largest absolute Gasteiger partial charge is 0.506 e. The normalized spacial score (nSPS) is 10.5. The molecular weight excluding hydrogens is 258 g/mol. The van der Waals surface area contributed by atoms with Crippen molar-refractivity contribution in [2.24, 2.45) is 0 Å². The lowest BCUT2D eigenvalue weighted by Gasteiger charge is -2.14. The van der Waals surface area contributed by atoms with Crippen molar-refractivity contribution in [1.29, 1.82) is 0 Å². The summed E-state index contributed by atoms with van der Waals surface area (Å²) >= 11 is 5.90. The summed E-state index contributed by atoms with van der Waals surface area (Å²) in [5, 5.41) is 13.6. The van der Waals surface area contributed by atoms with E-state index in [2.05, 4.69) is 38.2 Å². The van der Waals surface area contributed by atoms with Gasteiger partial charge in [0.25, 0.3) is 0 Å². The number of nitrogens with one attached hydrogen (secondary N) is 1. The van der Waals surface area contributed by atoms with Crippen molar-refractivity contribution in [2.45, 2.75) is 27.3 Å². The van der Waals surface area contributed by atoms with Crippen LogP contribution in [0.2, 0.25) is 5.02 Å². The highest BCUT2D eigenvalue weighted by molar-refractivity contribution is 6.32. The molecule has 0 saturated heterocycles. The van der Waals surface area contributed by atoms with E-state index in [9.17, 15) is 5.11 Å². The molecule has 0 fully saturated rings. The Morgan fingerprint density at radius 3 is 2.37 bits per heavy atom. The van der Waals surface area contributed by atoms with Crippen molar-refractivity contribution >= 4 is 17.3 Å². The highest BCUT2D eigenvalue weighted by atomic mass is 35.5. The highest BCUT2D eigenvalue weighted by Crippen LogP contribution is 2.28. The second-order valence-electron chi connectivity index (χ2n) is 4.87. The van der Waals surface area contributed by atoms with Gasteiger partial charge in [-0.2, -0.15) is 0 Å². The minimum absolute atomic E-state index is 0.152. The maximum absolute atomic E-state index is 9.89. The van der Waals surface area contributed by atoms with Gasteiger partial charge in [-0.1, -0.05) is 41.4 Å². The number of aromatic hydroxyl groups is 1. The molecule has 2 aromatic carbocycles. The second kappa shape index (κ2) is 5.54. The van der Waals surface area contributed by atoms with Gasteiger partial charge in [-0.3, -0.25) is 0 Å². The van der Waals surface area contributed by atoms with Crippen LogP contribution in [0.4, 0.5) is 5.69 Å². The van der Waals surface area contributed by atoms with E-state index in [1.165, 1.54) is 16.7 Å². The zero-order valence-corrected chi connectivity index (χ0v) is 12.2. The zero-order chi connectivity index (χ0) is 14.0. The van der Waals surface area contributed by atoms with Crippen LogP contribution >= 0.6 is 11.6 Å². The molecule has 0 aliphatic heterocycles. The Morgan fingerprint density at radius 2 is 1.74 bits per heavy atom. The van der Waals surface area contributed by atoms with Gasteiger partial charge in [0.1, 0.15) is 5.75 Å². The number of hydrogen-bond acceptors (Lipinski definition) is 2. The number of phenols is 1. The SMILES string of the molecule is Cc1cc(C)c(NCc2cccc(Cl)c2O)c(C)c1. The Labute approximate surface area is 119 Å². The predicted molar refractivity (Wildman–Crippen MR) is 81.1 cm³/mol. The fraction of sp³-hybridized carbons (Fsp3) is 0.250. The van der Waals surface area contributed by atoms with Crippen LogP contribution in [0.25, 0.3) is 0 Å². The molecule has 3 heteroatoms. The van der Waals surface area contributed by atoms with Crippen molar-refractivity contribution < 1.29 is 5.11 Å². The number of aryl methyl sites for hydroxylation is 3. The van der Waals surface area contributed by atoms with Gasteiger partial charge in [-0.15, -0.1) is 0 Å². The summed E-state index contributed by atoms with van der Waals surface area (Å²) in [7, 11) is 0. The summed E-state index contributed by atoms with van der Waals surface area (Å²) in [5.41, 5.74) is 5.58. The minimum atomic E-state index is 0.152. The van der Waals surface area contributed by atoms with E-state index < -0.39 is 0 Å². The summed E-state index contributed by atoms with van der Waals surface area (Å²) in [6.45, 7) is 6.81. The summed E-state index contributed by atoms with van der Waals surface area (Å²) in [5.74, 6) is 0.152. The average Bonchev–Trinajstić information content (AvgIpc) is 2.33. The fourth-order valence-corrected chi connectivity index (χ4v) is 2.54. The van der Waals surface area contributed by atoms with Crippen LogP contribution in [-0.2, 0) is 6.54 Å². The standard InChI is InChI=1S/C16H18ClNO/c1-10-7-11(2)15(12(3)8-10)18-9-13-5-4-6-14(17)16(13)19/h4-8,18-19H,9H2,1-3H3. The van der Waals surface area contributed by atoms with Gasteiger partial charge >= 0.3 is 0 Å². The molecule has 0 aromatic heterocycles. The van der Waals surface area contributed by atoms with Gasteiger partial charge < -0.3 is 10.4 Å². The van der Waals surface area contributed by atoms with E-state index in [0.717, 1.165) is 11.3 Å². The molecule has 0 bridgehead atoms. The molecule has 0 spiro atoms. The fourth-order valence-electron chi connectivity index (χ4n) is 2.35. The van der Waals surface area contributed by atoms with Crippen LogP contribution < -0.4 is 5.32 Å². The predicted octanol–water partition coefficient (Wildman–Crippen LogP) is 4.58. The third-order valence-electron chi connectivity index (χ3n) is 3.20. The van der Waals surface area contributed by atoms with Gasteiger partial charge in [0.05, 0.1) is 5.02 Å². The minimum Gasteiger partial charge on any atom is -0.506 e. The molecule has 0 unspecified atom stereocenters. The van der Waals surface area contributed by atoms with E-state index in [0.29, 0.717) is 11.6 Å². The van der Waals surface area contributed by atoms with Crippen molar-refractivity contribution in [3.05, 3.63) is 57.6 Å². The van der Waals surface area contributed by atoms with Crippen LogP contribution in [-0.4, -0.2) is 5.11 Å². The summed E-state index contributed by atoms with van der Waals surface area (Å²) < 4.78 is 0. The first kappa shape index (κ1) is 13.8. The summed E-state index contributed by atoms with van der Waals surface area (Å²) in [6, 6.07) is 9.68. The molecule has 0 aliphatic carbocycles. The average molecular weight is 276 g/mol. The molecule has 0 atom stereocenters. The Kier molecular flexibility index (Phi) is 4.01. The van der Waals surface area contributed by atoms with E-state index in [1.807, 2.05) is 12.1 Å². The van der Waals surface area contributed by atoms with E-state index >= 15 is 0 Å². The van der Waals surface area contributed by atoms with Crippen LogP contribution in [0.15, 0.2) is 30.3 Å². The maximum atomic E-state index is 9.89. The Hall–Kier alpha value is -1.67. The van der Waals surface area contributed by atoms with Crippen LogP contribution in [0, 0.1) is 20.8 Å². The van der Waals surface area contributed by atoms with E-state index in [4.69, 9.17) is 11.6 Å². The molecule has 100 valence electrons. The second-order valence-corrected chi connectivity index (χ2v) is 5.28. The smallest absolute Gasteiger partial charge is 0.139 e. The quantitative estimate of drug-likeness (QED) is 0.859. The summed E-state index contributed by atoms with van der Waals surface area (Å²) in [4.78, 5) is 0. The van der Waals surface area contributed by atoms with Gasteiger partial charge in [0.2, 0.25) is 0 Å². The van der Waals surface area contributed by atoms with Crippen LogP contribution in [0.3, 0.4) is 0 Å². The van der Waals surface area contributed by atoms with Crippen molar-refractivity contribution in [3.8, 4) is 5.75 Å². The monoisotopic (exact) mass is 275 g/mol. The molecule has 19 heavy (non-hydrogen) atoms. The molecule has 2 nitrogen and oxygen atoms in total. The van der Waals surface area contributed by atoms with Gasteiger partial charge in [-0.25, -0.2) is 0 Å². The molecule has 2 aromatic rings. The zero-order valence-electron chi connectivity index (χ0n) is 11.4. The lowest BCUT2D eigenvalue weighted by molar-refractivity contribution is 0.469. The number of halogens is 1. The van der Waals surface area contributed by atoms with Gasteiger partial charge in [0, 0.05) is 17.8 Å². The first-order valence-corrected chi connectivity index (χ1v) is 6.65. The first-order valence-electron chi connectivity index (χ1n) is 6.27. The van der Waals surface area contributed by atoms with Crippen molar-refractivity contribution in [1.82, 2.24) is 0 Å². The molecule has 2 N–H and O–H groups in total. The topological polar surface area (TPSA) is 32.3 Å². The molecule has 0 aliphatic rings. The maximum Gasteiger partial charge on any atom is 0.139 e. The first-order chi connectivity index (χ1) is 8.99. The number of phenolic OH excluding ortho intramolecular Hbond substituents is 1. The third-order valence-corrected chi connectivity index (χ3v) is 3.51. The lowest BCUT2D eigenvalue weighted by atomic mass is 10.0. The number of para-hydroxylation sites is 1.